The maximum absolute atomic E-state index is 13.9. The number of para-hydroxylation sites is 1. The molecule has 2 N–H and O–H groups in total. The first kappa shape index (κ1) is 22.0. The Morgan fingerprint density at radius 3 is 2.74 bits per heavy atom. The van der Waals surface area contributed by atoms with E-state index in [1.807, 2.05) is 24.3 Å². The normalized spacial score (nSPS) is 18.5. The molecule has 0 saturated heterocycles. The Morgan fingerprint density at radius 2 is 2.03 bits per heavy atom. The lowest BCUT2D eigenvalue weighted by molar-refractivity contribution is 0.0437. The molecule has 10 heteroatoms. The number of alkyl halides is 2. The van der Waals surface area contributed by atoms with E-state index in [0.29, 0.717) is 29.4 Å². The van der Waals surface area contributed by atoms with Crippen molar-refractivity contribution in [3.05, 3.63) is 70.6 Å². The molecule has 2 aliphatic rings. The number of nitrogens with zero attached hydrogens (tertiary/aromatic N) is 3. The van der Waals surface area contributed by atoms with Crippen LogP contribution in [0.5, 0.6) is 0 Å². The number of nitrogens with one attached hydrogen (secondary N) is 1. The molecule has 0 unspecified atom stereocenters. The topological polar surface area (TPSA) is 108 Å². The fourth-order valence-electron chi connectivity index (χ4n) is 4.87. The van der Waals surface area contributed by atoms with Crippen molar-refractivity contribution in [1.29, 1.82) is 0 Å². The molecule has 8 nitrogen and oxygen atoms in total. The number of carbonyl (C=O) groups is 1. The fourth-order valence-corrected chi connectivity index (χ4v) is 4.87. The van der Waals surface area contributed by atoms with Crippen LogP contribution in [0.25, 0.3) is 11.0 Å². The van der Waals surface area contributed by atoms with Crippen LogP contribution in [0, 0.1) is 0 Å². The highest BCUT2D eigenvalue weighted by molar-refractivity contribution is 5.94. The molecule has 3 aromatic heterocycles. The van der Waals surface area contributed by atoms with E-state index < -0.39 is 35.4 Å². The zero-order valence-corrected chi connectivity index (χ0v) is 19.2. The summed E-state index contributed by atoms with van der Waals surface area (Å²) < 4.78 is 39.6. The highest BCUT2D eigenvalue weighted by Gasteiger charge is 2.44. The van der Waals surface area contributed by atoms with Gasteiger partial charge in [0.1, 0.15) is 23.0 Å². The van der Waals surface area contributed by atoms with Crippen LogP contribution in [0.1, 0.15) is 89.9 Å². The molecule has 4 heterocycles. The van der Waals surface area contributed by atoms with Gasteiger partial charge in [-0.15, -0.1) is 0 Å². The summed E-state index contributed by atoms with van der Waals surface area (Å²) in [5, 5.41) is 11.2. The van der Waals surface area contributed by atoms with E-state index in [2.05, 4.69) is 15.0 Å². The Kier molecular flexibility index (Phi) is 4.86. The van der Waals surface area contributed by atoms with Gasteiger partial charge in [0.05, 0.1) is 12.0 Å². The summed E-state index contributed by atoms with van der Waals surface area (Å²) >= 11 is 0. The predicted molar refractivity (Wildman–Crippen MR) is 120 cm³/mol. The van der Waals surface area contributed by atoms with Gasteiger partial charge in [-0.3, -0.25) is 4.79 Å². The molecule has 1 aliphatic carbocycles. The molecular weight excluding hydrogens is 458 g/mol. The van der Waals surface area contributed by atoms with E-state index in [-0.39, 0.29) is 12.4 Å². The first-order chi connectivity index (χ1) is 16.7. The monoisotopic (exact) mass is 482 g/mol. The molecule has 35 heavy (non-hydrogen) atoms. The van der Waals surface area contributed by atoms with Crippen LogP contribution in [-0.4, -0.2) is 37.4 Å². The number of aromatic amines is 1. The van der Waals surface area contributed by atoms with Gasteiger partial charge >= 0.3 is 0 Å². The molecule has 1 amide bonds. The Bertz CT molecular complexity index is 1430. The smallest absolute Gasteiger partial charge is 0.292 e. The van der Waals surface area contributed by atoms with Crippen molar-refractivity contribution in [2.24, 2.45) is 0 Å². The lowest BCUT2D eigenvalue weighted by Crippen LogP contribution is -2.41. The van der Waals surface area contributed by atoms with Gasteiger partial charge in [0.15, 0.2) is 5.69 Å². The summed E-state index contributed by atoms with van der Waals surface area (Å²) in [4.78, 5) is 26.6. The molecule has 6 rings (SSSR count). The molecule has 182 valence electrons. The standard InChI is InChI=1S/C25H24F2N4O4/c1-25(2,33)24-30-18(22(26)27)21(35-24)23(32)31-10-9-14-17(29-11-28-14)19(31)20-16(12-7-8-12)13-5-3-4-6-15(13)34-20/h3-6,11-12,19,22,33H,7-10H2,1-2H3,(H,28,29)/t19-/m1/s1. The molecule has 1 aromatic carbocycles. The number of hydrogen-bond donors (Lipinski definition) is 2. The molecule has 0 spiro atoms. The third-order valence-electron chi connectivity index (χ3n) is 6.66. The van der Waals surface area contributed by atoms with Crippen LogP contribution in [0.3, 0.4) is 0 Å². The summed E-state index contributed by atoms with van der Waals surface area (Å²) in [6, 6.07) is 6.99. The Balaban J connectivity index is 1.51. The second kappa shape index (κ2) is 7.74. The summed E-state index contributed by atoms with van der Waals surface area (Å²) in [6.07, 6.45) is 1.00. The van der Waals surface area contributed by atoms with Gasteiger partial charge < -0.3 is 23.8 Å². The largest absolute Gasteiger partial charge is 0.458 e. The van der Waals surface area contributed by atoms with E-state index >= 15 is 0 Å². The fraction of sp³-hybridized carbons (Fsp3) is 0.400. The van der Waals surface area contributed by atoms with Gasteiger partial charge in [-0.1, -0.05) is 18.2 Å². The van der Waals surface area contributed by atoms with E-state index in [1.54, 1.807) is 6.33 Å². The van der Waals surface area contributed by atoms with Crippen LogP contribution in [0.4, 0.5) is 8.78 Å². The quantitative estimate of drug-likeness (QED) is 0.416. The zero-order chi connectivity index (χ0) is 24.5. The number of furan rings is 1. The van der Waals surface area contributed by atoms with Crippen molar-refractivity contribution in [2.75, 3.05) is 6.54 Å². The second-order valence-corrected chi connectivity index (χ2v) is 9.66. The molecule has 1 aliphatic heterocycles. The van der Waals surface area contributed by atoms with Gasteiger partial charge in [-0.2, -0.15) is 0 Å². The number of halogens is 2. The van der Waals surface area contributed by atoms with Crippen molar-refractivity contribution in [1.82, 2.24) is 19.9 Å². The summed E-state index contributed by atoms with van der Waals surface area (Å²) in [5.74, 6) is -0.767. The summed E-state index contributed by atoms with van der Waals surface area (Å²) in [6.45, 7) is 2.96. The summed E-state index contributed by atoms with van der Waals surface area (Å²) in [7, 11) is 0. The highest BCUT2D eigenvalue weighted by Crippen LogP contribution is 2.50. The van der Waals surface area contributed by atoms with Gasteiger partial charge in [-0.05, 0) is 38.7 Å². The molecular formula is C25H24F2N4O4. The Morgan fingerprint density at radius 1 is 1.26 bits per heavy atom. The van der Waals surface area contributed by atoms with Crippen LogP contribution >= 0.6 is 0 Å². The van der Waals surface area contributed by atoms with Gasteiger partial charge in [-0.25, -0.2) is 18.7 Å². The van der Waals surface area contributed by atoms with Crippen LogP contribution < -0.4 is 0 Å². The van der Waals surface area contributed by atoms with E-state index in [0.717, 1.165) is 29.5 Å². The number of H-pyrrole nitrogens is 1. The maximum atomic E-state index is 13.9. The number of imidazole rings is 1. The number of aromatic nitrogens is 3. The van der Waals surface area contributed by atoms with Crippen LogP contribution in [0.2, 0.25) is 0 Å². The van der Waals surface area contributed by atoms with Crippen molar-refractivity contribution in [3.63, 3.8) is 0 Å². The molecule has 1 fully saturated rings. The number of carbonyl (C=O) groups excluding carboxylic acids is 1. The van der Waals surface area contributed by atoms with Crippen molar-refractivity contribution < 1.29 is 27.5 Å². The van der Waals surface area contributed by atoms with Gasteiger partial charge in [0.25, 0.3) is 12.3 Å². The average molecular weight is 482 g/mol. The zero-order valence-electron chi connectivity index (χ0n) is 19.2. The van der Waals surface area contributed by atoms with E-state index in [1.165, 1.54) is 18.7 Å². The number of rotatable bonds is 5. The Labute approximate surface area is 199 Å². The van der Waals surface area contributed by atoms with Crippen LogP contribution in [-0.2, 0) is 12.0 Å². The molecule has 0 radical (unpaired) electrons. The minimum absolute atomic E-state index is 0.237. The lowest BCUT2D eigenvalue weighted by atomic mass is 9.94. The molecule has 4 aromatic rings. The Hall–Kier alpha value is -3.53. The first-order valence-corrected chi connectivity index (χ1v) is 11.6. The third kappa shape index (κ3) is 3.54. The minimum atomic E-state index is -3.05. The van der Waals surface area contributed by atoms with Crippen LogP contribution in [0.15, 0.2) is 39.4 Å². The molecule has 1 atom stereocenters. The number of fused-ring (bicyclic) bond motifs is 2. The van der Waals surface area contributed by atoms with Crippen molar-refractivity contribution in [2.45, 2.75) is 57.1 Å². The van der Waals surface area contributed by atoms with E-state index in [4.69, 9.17) is 8.83 Å². The number of aliphatic hydroxyl groups is 1. The number of oxazole rings is 1. The molecule has 0 bridgehead atoms. The van der Waals surface area contributed by atoms with Gasteiger partial charge in [0, 0.05) is 29.6 Å². The second-order valence-electron chi connectivity index (χ2n) is 9.66. The molecule has 1 saturated carbocycles. The average Bonchev–Trinajstić information content (AvgIpc) is 3.24. The lowest BCUT2D eigenvalue weighted by Gasteiger charge is -2.34. The van der Waals surface area contributed by atoms with Crippen molar-refractivity contribution >= 4 is 16.9 Å². The van der Waals surface area contributed by atoms with E-state index in [9.17, 15) is 18.7 Å². The summed E-state index contributed by atoms with van der Waals surface area (Å²) in [5.41, 5.74) is 0.804. The SMILES string of the molecule is CC(C)(O)c1nc(C(F)F)c(C(=O)N2CCc3[nH]cnc3[C@@H]2c2oc3ccccc3c2C2CC2)o1. The predicted octanol–water partition coefficient (Wildman–Crippen LogP) is 4.97. The van der Waals surface area contributed by atoms with Gasteiger partial charge in [0.2, 0.25) is 11.7 Å². The number of amides is 1. The van der Waals surface area contributed by atoms with Crippen molar-refractivity contribution in [3.8, 4) is 0 Å². The maximum Gasteiger partial charge on any atom is 0.292 e. The number of hydrogen-bond acceptors (Lipinski definition) is 6. The minimum Gasteiger partial charge on any atom is -0.458 e. The first-order valence-electron chi connectivity index (χ1n) is 11.6. The third-order valence-corrected chi connectivity index (χ3v) is 6.66. The number of benzene rings is 1. The highest BCUT2D eigenvalue weighted by atomic mass is 19.3.